The molecule has 1 aliphatic rings. The maximum absolute atomic E-state index is 11.1. The van der Waals surface area contributed by atoms with Crippen molar-refractivity contribution in [3.63, 3.8) is 0 Å². The lowest BCUT2D eigenvalue weighted by atomic mass is 10.0. The summed E-state index contributed by atoms with van der Waals surface area (Å²) in [7, 11) is 0. The van der Waals surface area contributed by atoms with Crippen LogP contribution in [0.2, 0.25) is 0 Å². The Morgan fingerprint density at radius 1 is 1.50 bits per heavy atom. The molecule has 0 aromatic rings. The van der Waals surface area contributed by atoms with Gasteiger partial charge in [-0.3, -0.25) is 5.32 Å². The summed E-state index contributed by atoms with van der Waals surface area (Å²) >= 11 is 0. The molecule has 1 amide bonds. The van der Waals surface area contributed by atoms with Crippen LogP contribution in [0, 0.1) is 0 Å². The third-order valence-corrected chi connectivity index (χ3v) is 2.54. The zero-order chi connectivity index (χ0) is 10.4. The number of amides is 1. The van der Waals surface area contributed by atoms with E-state index in [0.29, 0.717) is 12.6 Å². The maximum Gasteiger partial charge on any atom is 0.408 e. The molecule has 1 saturated heterocycles. The molecule has 0 aromatic heterocycles. The number of carbonyl (C=O) groups is 1. The van der Waals surface area contributed by atoms with Gasteiger partial charge in [0.05, 0.1) is 12.8 Å². The number of piperidine rings is 1. The normalized spacial score (nSPS) is 27.0. The van der Waals surface area contributed by atoms with Crippen molar-refractivity contribution in [2.75, 3.05) is 6.61 Å². The van der Waals surface area contributed by atoms with Crippen molar-refractivity contribution in [3.05, 3.63) is 0 Å². The lowest BCUT2D eigenvalue weighted by Gasteiger charge is -2.30. The predicted molar refractivity (Wildman–Crippen MR) is 55.0 cm³/mol. The van der Waals surface area contributed by atoms with Gasteiger partial charge in [0, 0.05) is 6.04 Å². The molecular formula is C10H20N2O2. The van der Waals surface area contributed by atoms with E-state index in [9.17, 15) is 4.79 Å². The van der Waals surface area contributed by atoms with Gasteiger partial charge in [-0.25, -0.2) is 4.79 Å². The number of carbonyl (C=O) groups excluding carboxylic acids is 1. The van der Waals surface area contributed by atoms with Gasteiger partial charge < -0.3 is 10.1 Å². The zero-order valence-corrected chi connectivity index (χ0v) is 9.01. The monoisotopic (exact) mass is 200 g/mol. The third-order valence-electron chi connectivity index (χ3n) is 2.54. The van der Waals surface area contributed by atoms with Crippen LogP contribution < -0.4 is 10.6 Å². The fraction of sp³-hybridized carbons (Fsp3) is 0.900. The van der Waals surface area contributed by atoms with Crippen LogP contribution in [0.3, 0.4) is 0 Å². The SMILES string of the molecule is CCOC(=O)NC1CCCC(CC)N1. The molecule has 2 unspecified atom stereocenters. The predicted octanol–water partition coefficient (Wildman–Crippen LogP) is 1.61. The summed E-state index contributed by atoms with van der Waals surface area (Å²) in [4.78, 5) is 11.1. The van der Waals surface area contributed by atoms with Crippen LogP contribution >= 0.6 is 0 Å². The zero-order valence-electron chi connectivity index (χ0n) is 9.01. The van der Waals surface area contributed by atoms with Crippen molar-refractivity contribution >= 4 is 6.09 Å². The number of nitrogens with one attached hydrogen (secondary N) is 2. The van der Waals surface area contributed by atoms with Gasteiger partial charge in [-0.05, 0) is 32.6 Å². The lowest BCUT2D eigenvalue weighted by Crippen LogP contribution is -2.52. The van der Waals surface area contributed by atoms with E-state index in [1.807, 2.05) is 6.92 Å². The minimum absolute atomic E-state index is 0.0905. The van der Waals surface area contributed by atoms with E-state index in [0.717, 1.165) is 12.8 Å². The van der Waals surface area contributed by atoms with E-state index in [4.69, 9.17) is 4.74 Å². The third kappa shape index (κ3) is 3.54. The smallest absolute Gasteiger partial charge is 0.408 e. The van der Waals surface area contributed by atoms with Crippen LogP contribution in [0.25, 0.3) is 0 Å². The number of alkyl carbamates (subject to hydrolysis) is 1. The second-order valence-electron chi connectivity index (χ2n) is 3.62. The summed E-state index contributed by atoms with van der Waals surface area (Å²) in [5.74, 6) is 0. The molecule has 14 heavy (non-hydrogen) atoms. The molecule has 0 bridgehead atoms. The Morgan fingerprint density at radius 3 is 2.93 bits per heavy atom. The molecule has 0 radical (unpaired) electrons. The number of hydrogen-bond acceptors (Lipinski definition) is 3. The van der Waals surface area contributed by atoms with Crippen LogP contribution in [0.4, 0.5) is 4.79 Å². The standard InChI is InChI=1S/C10H20N2O2/c1-3-8-6-5-7-9(11-8)12-10(13)14-4-2/h8-9,11H,3-7H2,1-2H3,(H,12,13). The Labute approximate surface area is 85.4 Å². The van der Waals surface area contributed by atoms with Crippen molar-refractivity contribution in [2.24, 2.45) is 0 Å². The Hall–Kier alpha value is -0.770. The molecule has 0 aromatic carbocycles. The molecule has 1 aliphatic heterocycles. The first kappa shape index (κ1) is 11.3. The quantitative estimate of drug-likeness (QED) is 0.727. The highest BCUT2D eigenvalue weighted by atomic mass is 16.5. The summed E-state index contributed by atoms with van der Waals surface area (Å²) in [6, 6.07) is 0.538. The van der Waals surface area contributed by atoms with Crippen molar-refractivity contribution in [1.82, 2.24) is 10.6 Å². The topological polar surface area (TPSA) is 50.4 Å². The van der Waals surface area contributed by atoms with Crippen molar-refractivity contribution in [3.8, 4) is 0 Å². The molecule has 2 N–H and O–H groups in total. The first-order valence-electron chi connectivity index (χ1n) is 5.45. The van der Waals surface area contributed by atoms with Gasteiger partial charge in [-0.15, -0.1) is 0 Å². The van der Waals surface area contributed by atoms with E-state index >= 15 is 0 Å². The van der Waals surface area contributed by atoms with E-state index < -0.39 is 0 Å². The van der Waals surface area contributed by atoms with Crippen LogP contribution in [0.15, 0.2) is 0 Å². The molecule has 0 aliphatic carbocycles. The highest BCUT2D eigenvalue weighted by Crippen LogP contribution is 2.13. The Kier molecular flexibility index (Phi) is 4.73. The summed E-state index contributed by atoms with van der Waals surface area (Å²) in [6.45, 7) is 4.39. The van der Waals surface area contributed by atoms with E-state index in [-0.39, 0.29) is 12.3 Å². The molecule has 1 fully saturated rings. The van der Waals surface area contributed by atoms with Crippen LogP contribution in [0.5, 0.6) is 0 Å². The van der Waals surface area contributed by atoms with E-state index in [1.165, 1.54) is 12.8 Å². The van der Waals surface area contributed by atoms with Crippen molar-refractivity contribution in [2.45, 2.75) is 51.7 Å². The minimum atomic E-state index is -0.318. The Bertz CT molecular complexity index is 185. The first-order valence-corrected chi connectivity index (χ1v) is 5.45. The van der Waals surface area contributed by atoms with Crippen LogP contribution in [-0.2, 0) is 4.74 Å². The fourth-order valence-electron chi connectivity index (χ4n) is 1.77. The molecule has 1 heterocycles. The molecule has 2 atom stereocenters. The van der Waals surface area contributed by atoms with Gasteiger partial charge in [0.15, 0.2) is 0 Å². The largest absolute Gasteiger partial charge is 0.450 e. The van der Waals surface area contributed by atoms with Crippen molar-refractivity contribution < 1.29 is 9.53 Å². The van der Waals surface area contributed by atoms with Gasteiger partial charge in [-0.2, -0.15) is 0 Å². The van der Waals surface area contributed by atoms with Gasteiger partial charge in [-0.1, -0.05) is 6.92 Å². The highest BCUT2D eigenvalue weighted by Gasteiger charge is 2.20. The Morgan fingerprint density at radius 2 is 2.29 bits per heavy atom. The first-order chi connectivity index (χ1) is 6.76. The second-order valence-corrected chi connectivity index (χ2v) is 3.62. The minimum Gasteiger partial charge on any atom is -0.450 e. The molecule has 0 saturated carbocycles. The van der Waals surface area contributed by atoms with E-state index in [1.54, 1.807) is 0 Å². The van der Waals surface area contributed by atoms with Gasteiger partial charge in [0.2, 0.25) is 0 Å². The van der Waals surface area contributed by atoms with Gasteiger partial charge >= 0.3 is 6.09 Å². The summed E-state index contributed by atoms with van der Waals surface area (Å²) in [5.41, 5.74) is 0. The molecule has 4 heteroatoms. The Balaban J connectivity index is 2.26. The molecular weight excluding hydrogens is 180 g/mol. The molecule has 0 spiro atoms. The van der Waals surface area contributed by atoms with Crippen LogP contribution in [0.1, 0.15) is 39.5 Å². The van der Waals surface area contributed by atoms with Crippen LogP contribution in [-0.4, -0.2) is 24.9 Å². The number of rotatable bonds is 3. The number of ether oxygens (including phenoxy) is 1. The van der Waals surface area contributed by atoms with E-state index in [2.05, 4.69) is 17.6 Å². The average Bonchev–Trinajstić information content (AvgIpc) is 2.18. The van der Waals surface area contributed by atoms with Crippen molar-refractivity contribution in [1.29, 1.82) is 0 Å². The van der Waals surface area contributed by atoms with Gasteiger partial charge in [0.25, 0.3) is 0 Å². The molecule has 4 nitrogen and oxygen atoms in total. The number of hydrogen-bond donors (Lipinski definition) is 2. The maximum atomic E-state index is 11.1. The summed E-state index contributed by atoms with van der Waals surface area (Å²) in [5, 5.41) is 6.19. The highest BCUT2D eigenvalue weighted by molar-refractivity contribution is 5.67. The molecule has 82 valence electrons. The molecule has 1 rings (SSSR count). The average molecular weight is 200 g/mol. The summed E-state index contributed by atoms with van der Waals surface area (Å²) in [6.07, 6.45) is 4.26. The fourth-order valence-corrected chi connectivity index (χ4v) is 1.77. The lowest BCUT2D eigenvalue weighted by molar-refractivity contribution is 0.140. The second kappa shape index (κ2) is 5.86. The summed E-state index contributed by atoms with van der Waals surface area (Å²) < 4.78 is 4.82. The van der Waals surface area contributed by atoms with Gasteiger partial charge in [0.1, 0.15) is 0 Å².